The van der Waals surface area contributed by atoms with Gasteiger partial charge in [0.25, 0.3) is 0 Å². The molecule has 0 aliphatic rings. The summed E-state index contributed by atoms with van der Waals surface area (Å²) in [4.78, 5) is 3.74. The lowest BCUT2D eigenvalue weighted by atomic mass is 10.3. The van der Waals surface area contributed by atoms with E-state index < -0.39 is 0 Å². The van der Waals surface area contributed by atoms with E-state index in [0.29, 0.717) is 11.5 Å². The number of alkyl halides is 1. The molecule has 0 radical (unpaired) electrons. The first-order chi connectivity index (χ1) is 5.81. The van der Waals surface area contributed by atoms with Crippen LogP contribution in [0.2, 0.25) is 0 Å². The maximum absolute atomic E-state index is 11.7. The van der Waals surface area contributed by atoms with E-state index in [1.165, 1.54) is 0 Å². The van der Waals surface area contributed by atoms with Crippen molar-refractivity contribution in [2.45, 2.75) is 12.8 Å². The van der Waals surface area contributed by atoms with Crippen molar-refractivity contribution in [3.8, 4) is 0 Å². The molecule has 0 aliphatic carbocycles. The molecule has 0 saturated carbocycles. The first kappa shape index (κ1) is 11.4. The van der Waals surface area contributed by atoms with Crippen LogP contribution in [0.15, 0.2) is 16.1 Å². The highest BCUT2D eigenvalue weighted by Crippen LogP contribution is 2.07. The van der Waals surface area contributed by atoms with Crippen LogP contribution in [0.4, 0.5) is 4.39 Å². The lowest BCUT2D eigenvalue weighted by molar-refractivity contribution is 0.498. The van der Waals surface area contributed by atoms with E-state index in [1.54, 1.807) is 13.4 Å². The minimum Gasteiger partial charge on any atom is -0.376 e. The molecule has 0 aromatic rings. The van der Waals surface area contributed by atoms with Gasteiger partial charge < -0.3 is 5.32 Å². The second-order valence-electron chi connectivity index (χ2n) is 2.22. The Morgan fingerprint density at radius 1 is 1.67 bits per heavy atom. The molecule has 0 atom stereocenters. The van der Waals surface area contributed by atoms with E-state index in [2.05, 4.69) is 10.3 Å². The van der Waals surface area contributed by atoms with Crippen LogP contribution in [-0.2, 0) is 0 Å². The zero-order valence-electron chi connectivity index (χ0n) is 7.19. The Morgan fingerprint density at radius 2 is 2.42 bits per heavy atom. The Morgan fingerprint density at radius 3 is 3.00 bits per heavy atom. The zero-order valence-corrected chi connectivity index (χ0v) is 7.94. The zero-order chi connectivity index (χ0) is 9.23. The molecule has 4 heteroatoms. The highest BCUT2D eigenvalue weighted by molar-refractivity contribution is 6.29. The first-order valence-corrected chi connectivity index (χ1v) is 4.23. The molecule has 0 saturated heterocycles. The molecular weight excluding hydrogens is 179 g/mol. The van der Waals surface area contributed by atoms with E-state index in [4.69, 9.17) is 11.6 Å². The van der Waals surface area contributed by atoms with Gasteiger partial charge in [-0.05, 0) is 6.42 Å². The van der Waals surface area contributed by atoms with Crippen molar-refractivity contribution in [2.24, 2.45) is 4.99 Å². The van der Waals surface area contributed by atoms with Gasteiger partial charge in [-0.3, -0.25) is 9.38 Å². The fraction of sp³-hybridized carbons (Fsp3) is 0.625. The lowest BCUT2D eigenvalue weighted by Gasteiger charge is -1.96. The molecule has 70 valence electrons. The Bertz CT molecular complexity index is 157. The van der Waals surface area contributed by atoms with Gasteiger partial charge in [0.15, 0.2) is 0 Å². The summed E-state index contributed by atoms with van der Waals surface area (Å²) in [6, 6.07) is 0. The van der Waals surface area contributed by atoms with Crippen molar-refractivity contribution >= 4 is 17.9 Å². The average Bonchev–Trinajstić information content (AvgIpc) is 2.05. The second-order valence-corrected chi connectivity index (χ2v) is 2.71. The smallest absolute Gasteiger partial charge is 0.0943 e. The quantitative estimate of drug-likeness (QED) is 0.389. The van der Waals surface area contributed by atoms with Crippen molar-refractivity contribution in [3.63, 3.8) is 0 Å². The predicted octanol–water partition coefficient (Wildman–Crippen LogP) is 2.11. The van der Waals surface area contributed by atoms with Crippen LogP contribution < -0.4 is 5.32 Å². The van der Waals surface area contributed by atoms with Gasteiger partial charge in [-0.15, -0.1) is 0 Å². The standard InChI is InChI=1S/C8H14ClFN2/c1-11-7-12-6-2-3-8(9)4-5-10/h3,7H,2,4-6H2,1H3,(H,11,12)/b8-3+. The van der Waals surface area contributed by atoms with Gasteiger partial charge in [-0.25, -0.2) is 0 Å². The maximum Gasteiger partial charge on any atom is 0.0943 e. The van der Waals surface area contributed by atoms with Crippen molar-refractivity contribution in [2.75, 3.05) is 20.3 Å². The van der Waals surface area contributed by atoms with Gasteiger partial charge in [-0.1, -0.05) is 17.7 Å². The Hall–Kier alpha value is -0.570. The summed E-state index contributed by atoms with van der Waals surface area (Å²) in [5, 5.41) is 3.53. The third kappa shape index (κ3) is 7.54. The predicted molar refractivity (Wildman–Crippen MR) is 51.6 cm³/mol. The van der Waals surface area contributed by atoms with Gasteiger partial charge in [0.05, 0.1) is 13.0 Å². The van der Waals surface area contributed by atoms with Gasteiger partial charge >= 0.3 is 0 Å². The molecule has 0 unspecified atom stereocenters. The summed E-state index contributed by atoms with van der Waals surface area (Å²) in [7, 11) is 1.69. The molecule has 2 nitrogen and oxygen atoms in total. The molecule has 1 N–H and O–H groups in total. The fourth-order valence-corrected chi connectivity index (χ4v) is 0.841. The van der Waals surface area contributed by atoms with E-state index in [9.17, 15) is 4.39 Å². The van der Waals surface area contributed by atoms with Crippen molar-refractivity contribution in [3.05, 3.63) is 11.1 Å². The number of halogens is 2. The van der Waals surface area contributed by atoms with Crippen LogP contribution in [-0.4, -0.2) is 26.6 Å². The summed E-state index contributed by atoms with van der Waals surface area (Å²) in [5.74, 6) is 0. The van der Waals surface area contributed by atoms with Gasteiger partial charge in [-0.2, -0.15) is 0 Å². The minimum absolute atomic E-state index is 0.323. The Balaban J connectivity index is 3.33. The van der Waals surface area contributed by atoms with E-state index in [-0.39, 0.29) is 6.67 Å². The summed E-state index contributed by atoms with van der Waals surface area (Å²) < 4.78 is 11.7. The number of allylic oxidation sites excluding steroid dienone is 1. The molecule has 0 heterocycles. The molecule has 0 spiro atoms. The average molecular weight is 193 g/mol. The van der Waals surface area contributed by atoms with Crippen molar-refractivity contribution in [1.82, 2.24) is 5.32 Å². The van der Waals surface area contributed by atoms with Crippen LogP contribution in [0.25, 0.3) is 0 Å². The molecule has 0 rings (SSSR count). The van der Waals surface area contributed by atoms with Crippen LogP contribution in [0.1, 0.15) is 12.8 Å². The van der Waals surface area contributed by atoms with Crippen molar-refractivity contribution in [1.29, 1.82) is 0 Å². The van der Waals surface area contributed by atoms with E-state index >= 15 is 0 Å². The van der Waals surface area contributed by atoms with Crippen molar-refractivity contribution < 1.29 is 4.39 Å². The third-order valence-corrected chi connectivity index (χ3v) is 1.55. The number of hydrogen-bond donors (Lipinski definition) is 1. The molecule has 0 aliphatic heterocycles. The van der Waals surface area contributed by atoms with Crippen LogP contribution in [0, 0.1) is 0 Å². The number of nitrogens with zero attached hydrogens (tertiary/aromatic N) is 1. The van der Waals surface area contributed by atoms with E-state index in [0.717, 1.165) is 13.0 Å². The minimum atomic E-state index is -0.390. The second kappa shape index (κ2) is 8.53. The highest BCUT2D eigenvalue weighted by Gasteiger charge is 1.89. The fourth-order valence-electron chi connectivity index (χ4n) is 0.660. The SMILES string of the molecule is CN=CNCC/C=C(/Cl)CCF. The molecule has 0 aromatic carbocycles. The van der Waals surface area contributed by atoms with Crippen LogP contribution in [0.3, 0.4) is 0 Å². The van der Waals surface area contributed by atoms with Crippen LogP contribution in [0.5, 0.6) is 0 Å². The Labute approximate surface area is 77.5 Å². The monoisotopic (exact) mass is 192 g/mol. The Kier molecular flexibility index (Phi) is 8.12. The highest BCUT2D eigenvalue weighted by atomic mass is 35.5. The van der Waals surface area contributed by atoms with Gasteiger partial charge in [0.2, 0.25) is 0 Å². The summed E-state index contributed by atoms with van der Waals surface area (Å²) in [6.07, 6.45) is 4.56. The first-order valence-electron chi connectivity index (χ1n) is 3.85. The normalized spacial score (nSPS) is 12.4. The molecule has 0 aromatic heterocycles. The number of rotatable bonds is 6. The van der Waals surface area contributed by atoms with Gasteiger partial charge in [0.1, 0.15) is 0 Å². The number of nitrogens with one attached hydrogen (secondary N) is 1. The molecular formula is C8H14ClFN2. The van der Waals surface area contributed by atoms with Gasteiger partial charge in [0, 0.05) is 25.0 Å². The topological polar surface area (TPSA) is 24.4 Å². The number of hydrogen-bond acceptors (Lipinski definition) is 1. The largest absolute Gasteiger partial charge is 0.376 e. The van der Waals surface area contributed by atoms with Crippen LogP contribution >= 0.6 is 11.6 Å². The summed E-state index contributed by atoms with van der Waals surface area (Å²) in [6.45, 7) is 0.388. The summed E-state index contributed by atoms with van der Waals surface area (Å²) in [5.41, 5.74) is 0. The maximum atomic E-state index is 11.7. The number of aliphatic imine (C=N–C) groups is 1. The molecule has 0 fully saturated rings. The third-order valence-electron chi connectivity index (χ3n) is 1.21. The summed E-state index contributed by atoms with van der Waals surface area (Å²) >= 11 is 5.65. The molecule has 12 heavy (non-hydrogen) atoms. The van der Waals surface area contributed by atoms with E-state index in [1.807, 2.05) is 6.08 Å². The molecule has 0 amide bonds. The lowest BCUT2D eigenvalue weighted by Crippen LogP contribution is -2.11. The molecule has 0 bridgehead atoms.